The van der Waals surface area contributed by atoms with Gasteiger partial charge >= 0.3 is 0 Å². The van der Waals surface area contributed by atoms with Crippen LogP contribution in [0.15, 0.2) is 27.8 Å². The number of nitrogens with one attached hydrogen (secondary N) is 2. The lowest BCUT2D eigenvalue weighted by Crippen LogP contribution is -2.37. The van der Waals surface area contributed by atoms with Crippen molar-refractivity contribution in [2.45, 2.75) is 32.7 Å². The lowest BCUT2D eigenvalue weighted by Gasteiger charge is -2.10. The van der Waals surface area contributed by atoms with E-state index in [2.05, 4.69) is 22.5 Å². The molecule has 1 fully saturated rings. The summed E-state index contributed by atoms with van der Waals surface area (Å²) in [4.78, 5) is 4.47. The van der Waals surface area contributed by atoms with Crippen LogP contribution in [0.4, 0.5) is 0 Å². The predicted octanol–water partition coefficient (Wildman–Crippen LogP) is 2.75. The van der Waals surface area contributed by atoms with Crippen molar-refractivity contribution in [3.63, 3.8) is 0 Å². The molecule has 0 atom stereocenters. The first-order valence-corrected chi connectivity index (χ1v) is 6.43. The molecule has 4 nitrogen and oxygen atoms in total. The zero-order valence-corrected chi connectivity index (χ0v) is 13.1. The zero-order valence-electron chi connectivity index (χ0n) is 10.8. The van der Waals surface area contributed by atoms with Crippen molar-refractivity contribution in [3.8, 4) is 0 Å². The number of hydrogen-bond donors (Lipinski definition) is 2. The Morgan fingerprint density at radius 1 is 1.44 bits per heavy atom. The van der Waals surface area contributed by atoms with Crippen LogP contribution in [0.25, 0.3) is 0 Å². The minimum Gasteiger partial charge on any atom is -0.467 e. The topological polar surface area (TPSA) is 49.6 Å². The Balaban J connectivity index is 0.00000162. The Hall–Kier alpha value is -0.720. The van der Waals surface area contributed by atoms with Crippen LogP contribution in [-0.4, -0.2) is 19.0 Å². The molecule has 1 aliphatic rings. The second-order valence-electron chi connectivity index (χ2n) is 4.43. The van der Waals surface area contributed by atoms with Crippen LogP contribution in [0.5, 0.6) is 0 Å². The van der Waals surface area contributed by atoms with Crippen molar-refractivity contribution in [3.05, 3.63) is 24.2 Å². The summed E-state index contributed by atoms with van der Waals surface area (Å²) >= 11 is 0. The highest BCUT2D eigenvalue weighted by atomic mass is 127. The highest BCUT2D eigenvalue weighted by Gasteiger charge is 2.20. The fourth-order valence-corrected chi connectivity index (χ4v) is 1.70. The first-order chi connectivity index (χ1) is 8.38. The van der Waals surface area contributed by atoms with Crippen LogP contribution < -0.4 is 10.6 Å². The van der Waals surface area contributed by atoms with Gasteiger partial charge in [-0.25, -0.2) is 4.99 Å². The van der Waals surface area contributed by atoms with E-state index in [9.17, 15) is 0 Å². The van der Waals surface area contributed by atoms with Crippen LogP contribution >= 0.6 is 24.0 Å². The zero-order chi connectivity index (χ0) is 11.9. The highest BCUT2D eigenvalue weighted by Crippen LogP contribution is 2.31. The van der Waals surface area contributed by atoms with Crippen molar-refractivity contribution < 1.29 is 4.42 Å². The Labute approximate surface area is 126 Å². The monoisotopic (exact) mass is 363 g/mol. The second kappa shape index (κ2) is 8.39. The molecule has 0 aliphatic heterocycles. The number of rotatable bonds is 6. The molecule has 1 aromatic heterocycles. The first kappa shape index (κ1) is 15.3. The molecule has 0 aromatic carbocycles. The molecule has 1 heterocycles. The van der Waals surface area contributed by atoms with E-state index in [1.165, 1.54) is 19.3 Å². The van der Waals surface area contributed by atoms with E-state index >= 15 is 0 Å². The molecular weight excluding hydrogens is 341 g/mol. The van der Waals surface area contributed by atoms with E-state index in [1.807, 2.05) is 12.1 Å². The average Bonchev–Trinajstić information content (AvgIpc) is 3.00. The van der Waals surface area contributed by atoms with Gasteiger partial charge in [-0.05, 0) is 31.4 Å². The number of nitrogens with zero attached hydrogens (tertiary/aromatic N) is 1. The molecule has 1 saturated carbocycles. The Morgan fingerprint density at radius 3 is 2.89 bits per heavy atom. The normalized spacial score (nSPS) is 15.1. The molecule has 0 spiro atoms. The summed E-state index contributed by atoms with van der Waals surface area (Å²) in [6.07, 6.45) is 5.74. The molecule has 0 unspecified atom stereocenters. The SMILES string of the molecule is CCNC(=NCc1ccco1)NCCC1CC1.I. The molecular formula is C13H22IN3O. The summed E-state index contributed by atoms with van der Waals surface area (Å²) in [6.45, 7) is 4.55. The highest BCUT2D eigenvalue weighted by molar-refractivity contribution is 14.0. The fraction of sp³-hybridized carbons (Fsp3) is 0.615. The van der Waals surface area contributed by atoms with Gasteiger partial charge in [0, 0.05) is 13.1 Å². The number of hydrogen-bond acceptors (Lipinski definition) is 2. The van der Waals surface area contributed by atoms with Gasteiger partial charge < -0.3 is 15.1 Å². The van der Waals surface area contributed by atoms with E-state index in [0.717, 1.165) is 30.7 Å². The fourth-order valence-electron chi connectivity index (χ4n) is 1.70. The van der Waals surface area contributed by atoms with E-state index in [4.69, 9.17) is 4.42 Å². The standard InChI is InChI=1S/C13H21N3O.HI/c1-2-14-13(15-8-7-11-5-6-11)16-10-12-4-3-9-17-12;/h3-4,9,11H,2,5-8,10H2,1H3,(H2,14,15,16);1H. The van der Waals surface area contributed by atoms with Crippen molar-refractivity contribution in [1.82, 2.24) is 10.6 Å². The molecule has 2 rings (SSSR count). The first-order valence-electron chi connectivity index (χ1n) is 6.43. The van der Waals surface area contributed by atoms with Crippen LogP contribution in [0.1, 0.15) is 31.9 Å². The molecule has 2 N–H and O–H groups in total. The van der Waals surface area contributed by atoms with Gasteiger partial charge in [0.25, 0.3) is 0 Å². The van der Waals surface area contributed by atoms with Gasteiger partial charge in [0.05, 0.1) is 6.26 Å². The largest absolute Gasteiger partial charge is 0.467 e. The minimum absolute atomic E-state index is 0. The van der Waals surface area contributed by atoms with E-state index < -0.39 is 0 Å². The second-order valence-corrected chi connectivity index (χ2v) is 4.43. The van der Waals surface area contributed by atoms with E-state index in [-0.39, 0.29) is 24.0 Å². The van der Waals surface area contributed by atoms with Gasteiger partial charge in [-0.3, -0.25) is 0 Å². The van der Waals surface area contributed by atoms with E-state index in [1.54, 1.807) is 6.26 Å². The summed E-state index contributed by atoms with van der Waals surface area (Å²) in [5.74, 6) is 2.73. The molecule has 1 aliphatic carbocycles. The third kappa shape index (κ3) is 5.75. The Bertz CT molecular complexity index is 347. The summed E-state index contributed by atoms with van der Waals surface area (Å²) in [5, 5.41) is 6.59. The summed E-state index contributed by atoms with van der Waals surface area (Å²) in [6, 6.07) is 3.83. The summed E-state index contributed by atoms with van der Waals surface area (Å²) in [5.41, 5.74) is 0. The van der Waals surface area contributed by atoms with Gasteiger partial charge in [0.2, 0.25) is 0 Å². The molecule has 0 radical (unpaired) electrons. The van der Waals surface area contributed by atoms with Crippen LogP contribution in [-0.2, 0) is 6.54 Å². The summed E-state index contributed by atoms with van der Waals surface area (Å²) in [7, 11) is 0. The minimum atomic E-state index is 0. The Kier molecular flexibility index (Phi) is 7.15. The lowest BCUT2D eigenvalue weighted by molar-refractivity contribution is 0.511. The number of halogens is 1. The molecule has 5 heteroatoms. The lowest BCUT2D eigenvalue weighted by atomic mass is 10.3. The molecule has 102 valence electrons. The Morgan fingerprint density at radius 2 is 2.28 bits per heavy atom. The molecule has 0 amide bonds. The third-order valence-corrected chi connectivity index (χ3v) is 2.86. The van der Waals surface area contributed by atoms with Gasteiger partial charge in [0.1, 0.15) is 12.3 Å². The van der Waals surface area contributed by atoms with Gasteiger partial charge in [-0.1, -0.05) is 12.8 Å². The maximum absolute atomic E-state index is 5.25. The van der Waals surface area contributed by atoms with Gasteiger partial charge in [0.15, 0.2) is 5.96 Å². The van der Waals surface area contributed by atoms with Gasteiger partial charge in [-0.2, -0.15) is 0 Å². The quantitative estimate of drug-likeness (QED) is 0.464. The molecule has 0 saturated heterocycles. The molecule has 1 aromatic rings. The number of furan rings is 1. The number of aliphatic imine (C=N–C) groups is 1. The van der Waals surface area contributed by atoms with Crippen LogP contribution in [0.2, 0.25) is 0 Å². The number of guanidine groups is 1. The third-order valence-electron chi connectivity index (χ3n) is 2.86. The van der Waals surface area contributed by atoms with Crippen molar-refractivity contribution >= 4 is 29.9 Å². The predicted molar refractivity (Wildman–Crippen MR) is 84.3 cm³/mol. The average molecular weight is 363 g/mol. The van der Waals surface area contributed by atoms with Crippen LogP contribution in [0, 0.1) is 5.92 Å². The van der Waals surface area contributed by atoms with Crippen molar-refractivity contribution in [2.75, 3.05) is 13.1 Å². The summed E-state index contributed by atoms with van der Waals surface area (Å²) < 4.78 is 5.25. The van der Waals surface area contributed by atoms with Gasteiger partial charge in [-0.15, -0.1) is 24.0 Å². The van der Waals surface area contributed by atoms with E-state index in [0.29, 0.717) is 6.54 Å². The van der Waals surface area contributed by atoms with Crippen molar-refractivity contribution in [2.24, 2.45) is 10.9 Å². The molecule has 0 bridgehead atoms. The maximum atomic E-state index is 5.25. The van der Waals surface area contributed by atoms with Crippen molar-refractivity contribution in [1.29, 1.82) is 0 Å². The maximum Gasteiger partial charge on any atom is 0.191 e. The molecule has 18 heavy (non-hydrogen) atoms. The smallest absolute Gasteiger partial charge is 0.191 e. The van der Waals surface area contributed by atoms with Crippen LogP contribution in [0.3, 0.4) is 0 Å².